The number of benzene rings is 1. The first-order valence-corrected chi connectivity index (χ1v) is 6.09. The average molecular weight is 225 g/mol. The SMILES string of the molecule is CC(C)Oc1cc(N)cc(SC(C)C)c1. The minimum atomic E-state index is 0.184. The van der Waals surface area contributed by atoms with Gasteiger partial charge in [0.1, 0.15) is 5.75 Å². The Hall–Kier alpha value is -0.830. The van der Waals surface area contributed by atoms with Crippen LogP contribution in [0.25, 0.3) is 0 Å². The van der Waals surface area contributed by atoms with Gasteiger partial charge in [-0.15, -0.1) is 11.8 Å². The Labute approximate surface area is 96.2 Å². The second kappa shape index (κ2) is 5.31. The molecule has 0 aliphatic carbocycles. The molecule has 0 saturated heterocycles. The van der Waals surface area contributed by atoms with E-state index < -0.39 is 0 Å². The number of rotatable bonds is 4. The van der Waals surface area contributed by atoms with E-state index in [0.717, 1.165) is 11.4 Å². The van der Waals surface area contributed by atoms with Crippen LogP contribution >= 0.6 is 11.8 Å². The zero-order valence-corrected chi connectivity index (χ0v) is 10.6. The van der Waals surface area contributed by atoms with Crippen LogP contribution in [0.3, 0.4) is 0 Å². The van der Waals surface area contributed by atoms with Crippen molar-refractivity contribution in [3.63, 3.8) is 0 Å². The lowest BCUT2D eigenvalue weighted by Gasteiger charge is -2.12. The van der Waals surface area contributed by atoms with Crippen LogP contribution in [0.4, 0.5) is 5.69 Å². The Kier molecular flexibility index (Phi) is 4.33. The van der Waals surface area contributed by atoms with Crippen molar-refractivity contribution < 1.29 is 4.74 Å². The summed E-state index contributed by atoms with van der Waals surface area (Å²) in [6.45, 7) is 8.35. The van der Waals surface area contributed by atoms with Gasteiger partial charge in [-0.05, 0) is 26.0 Å². The van der Waals surface area contributed by atoms with Crippen LogP contribution in [0.1, 0.15) is 27.7 Å². The van der Waals surface area contributed by atoms with E-state index in [2.05, 4.69) is 13.8 Å². The molecule has 2 nitrogen and oxygen atoms in total. The van der Waals surface area contributed by atoms with Gasteiger partial charge in [0.15, 0.2) is 0 Å². The van der Waals surface area contributed by atoms with Crippen molar-refractivity contribution in [3.05, 3.63) is 18.2 Å². The molecule has 0 atom stereocenters. The maximum absolute atomic E-state index is 5.82. The lowest BCUT2D eigenvalue weighted by Crippen LogP contribution is -2.06. The van der Waals surface area contributed by atoms with E-state index in [1.807, 2.05) is 32.0 Å². The molecule has 0 unspecified atom stereocenters. The molecule has 15 heavy (non-hydrogen) atoms. The molecule has 0 saturated carbocycles. The van der Waals surface area contributed by atoms with E-state index in [1.54, 1.807) is 11.8 Å². The number of hydrogen-bond donors (Lipinski definition) is 1. The Bertz CT molecular complexity index is 295. The van der Waals surface area contributed by atoms with Gasteiger partial charge in [0, 0.05) is 21.9 Å². The molecule has 0 aliphatic rings. The second-order valence-corrected chi connectivity index (χ2v) is 5.72. The fraction of sp³-hybridized carbons (Fsp3) is 0.500. The summed E-state index contributed by atoms with van der Waals surface area (Å²) in [6.07, 6.45) is 0.184. The molecule has 84 valence electrons. The summed E-state index contributed by atoms with van der Waals surface area (Å²) in [5.41, 5.74) is 6.58. The maximum atomic E-state index is 5.82. The minimum absolute atomic E-state index is 0.184. The summed E-state index contributed by atoms with van der Waals surface area (Å²) < 4.78 is 5.62. The van der Waals surface area contributed by atoms with E-state index in [0.29, 0.717) is 5.25 Å². The Morgan fingerprint density at radius 1 is 1.13 bits per heavy atom. The highest BCUT2D eigenvalue weighted by atomic mass is 32.2. The van der Waals surface area contributed by atoms with Crippen LogP contribution < -0.4 is 10.5 Å². The number of nitrogens with two attached hydrogens (primary N) is 1. The molecular weight excluding hydrogens is 206 g/mol. The molecule has 0 aliphatic heterocycles. The van der Waals surface area contributed by atoms with Gasteiger partial charge >= 0.3 is 0 Å². The van der Waals surface area contributed by atoms with Crippen molar-refractivity contribution in [2.24, 2.45) is 0 Å². The summed E-state index contributed by atoms with van der Waals surface area (Å²) in [6, 6.07) is 5.89. The molecule has 1 aromatic rings. The molecule has 0 radical (unpaired) electrons. The molecule has 0 fully saturated rings. The Morgan fingerprint density at radius 2 is 1.80 bits per heavy atom. The first-order valence-electron chi connectivity index (χ1n) is 5.21. The van der Waals surface area contributed by atoms with Crippen molar-refractivity contribution in [1.29, 1.82) is 0 Å². The quantitative estimate of drug-likeness (QED) is 0.628. The van der Waals surface area contributed by atoms with Crippen LogP contribution in [-0.2, 0) is 0 Å². The zero-order valence-electron chi connectivity index (χ0n) is 9.78. The smallest absolute Gasteiger partial charge is 0.122 e. The highest BCUT2D eigenvalue weighted by Gasteiger charge is 2.04. The van der Waals surface area contributed by atoms with Gasteiger partial charge in [0.05, 0.1) is 6.10 Å². The predicted octanol–water partition coefficient (Wildman–Crippen LogP) is 3.56. The van der Waals surface area contributed by atoms with Gasteiger partial charge in [-0.25, -0.2) is 0 Å². The fourth-order valence-corrected chi connectivity index (χ4v) is 2.21. The minimum Gasteiger partial charge on any atom is -0.491 e. The topological polar surface area (TPSA) is 35.2 Å². The number of thioether (sulfide) groups is 1. The summed E-state index contributed by atoms with van der Waals surface area (Å²) in [5, 5.41) is 0.554. The van der Waals surface area contributed by atoms with Gasteiger partial charge in [0.2, 0.25) is 0 Å². The van der Waals surface area contributed by atoms with Crippen LogP contribution in [0.5, 0.6) is 5.75 Å². The van der Waals surface area contributed by atoms with Gasteiger partial charge in [-0.2, -0.15) is 0 Å². The summed E-state index contributed by atoms with van der Waals surface area (Å²) >= 11 is 1.79. The van der Waals surface area contributed by atoms with Crippen molar-refractivity contribution in [3.8, 4) is 5.75 Å². The van der Waals surface area contributed by atoms with Gasteiger partial charge in [0.25, 0.3) is 0 Å². The lowest BCUT2D eigenvalue weighted by molar-refractivity contribution is 0.242. The van der Waals surface area contributed by atoms with Crippen molar-refractivity contribution in [1.82, 2.24) is 0 Å². The van der Waals surface area contributed by atoms with Crippen LogP contribution in [-0.4, -0.2) is 11.4 Å². The predicted molar refractivity (Wildman–Crippen MR) is 67.6 cm³/mol. The highest BCUT2D eigenvalue weighted by Crippen LogP contribution is 2.29. The standard InChI is InChI=1S/C12H19NOS/c1-8(2)14-11-5-10(13)6-12(7-11)15-9(3)4/h5-9H,13H2,1-4H3. The average Bonchev–Trinajstić information content (AvgIpc) is 1.98. The number of hydrogen-bond acceptors (Lipinski definition) is 3. The monoisotopic (exact) mass is 225 g/mol. The first-order chi connectivity index (χ1) is 6.97. The van der Waals surface area contributed by atoms with Gasteiger partial charge < -0.3 is 10.5 Å². The molecular formula is C12H19NOS. The molecule has 0 spiro atoms. The second-order valence-electron chi connectivity index (χ2n) is 4.07. The molecule has 0 heterocycles. The van der Waals surface area contributed by atoms with E-state index in [-0.39, 0.29) is 6.10 Å². The summed E-state index contributed by atoms with van der Waals surface area (Å²) in [5.74, 6) is 0.855. The Balaban J connectivity index is 2.84. The molecule has 1 rings (SSSR count). The van der Waals surface area contributed by atoms with Gasteiger partial charge in [-0.1, -0.05) is 13.8 Å². The van der Waals surface area contributed by atoms with Crippen LogP contribution in [0.2, 0.25) is 0 Å². The number of ether oxygens (including phenoxy) is 1. The number of nitrogen functional groups attached to an aromatic ring is 1. The normalized spacial score (nSPS) is 11.1. The number of anilines is 1. The van der Waals surface area contributed by atoms with Crippen LogP contribution in [0.15, 0.2) is 23.1 Å². The van der Waals surface area contributed by atoms with E-state index in [9.17, 15) is 0 Å². The molecule has 1 aromatic carbocycles. The highest BCUT2D eigenvalue weighted by molar-refractivity contribution is 7.99. The summed E-state index contributed by atoms with van der Waals surface area (Å²) in [4.78, 5) is 1.17. The maximum Gasteiger partial charge on any atom is 0.122 e. The lowest BCUT2D eigenvalue weighted by atomic mass is 10.3. The zero-order chi connectivity index (χ0) is 11.4. The van der Waals surface area contributed by atoms with E-state index in [1.165, 1.54) is 4.90 Å². The first kappa shape index (κ1) is 12.2. The fourth-order valence-electron chi connectivity index (χ4n) is 1.27. The molecule has 2 N–H and O–H groups in total. The van der Waals surface area contributed by atoms with Crippen molar-refractivity contribution in [2.45, 2.75) is 43.9 Å². The van der Waals surface area contributed by atoms with Crippen LogP contribution in [0, 0.1) is 0 Å². The largest absolute Gasteiger partial charge is 0.491 e. The molecule has 0 amide bonds. The third kappa shape index (κ3) is 4.47. The molecule has 3 heteroatoms. The molecule has 0 bridgehead atoms. The van der Waals surface area contributed by atoms with E-state index in [4.69, 9.17) is 10.5 Å². The Morgan fingerprint density at radius 3 is 2.33 bits per heavy atom. The third-order valence-corrected chi connectivity index (χ3v) is 2.63. The van der Waals surface area contributed by atoms with Crippen molar-refractivity contribution in [2.75, 3.05) is 5.73 Å². The van der Waals surface area contributed by atoms with Crippen molar-refractivity contribution >= 4 is 17.4 Å². The third-order valence-electron chi connectivity index (χ3n) is 1.65. The van der Waals surface area contributed by atoms with E-state index >= 15 is 0 Å². The summed E-state index contributed by atoms with van der Waals surface area (Å²) in [7, 11) is 0. The van der Waals surface area contributed by atoms with Gasteiger partial charge in [-0.3, -0.25) is 0 Å². The molecule has 0 aromatic heterocycles.